The lowest BCUT2D eigenvalue weighted by molar-refractivity contribution is -0.132. The molecule has 0 radical (unpaired) electrons. The number of hydrogen-bond donors (Lipinski definition) is 1. The van der Waals surface area contributed by atoms with E-state index in [0.29, 0.717) is 10.6 Å². The summed E-state index contributed by atoms with van der Waals surface area (Å²) >= 11 is 6.11. The highest BCUT2D eigenvalue weighted by Gasteiger charge is 2.48. The predicted octanol–water partition coefficient (Wildman–Crippen LogP) is 3.90. The molecule has 0 bridgehead atoms. The molecule has 2 heterocycles. The van der Waals surface area contributed by atoms with Gasteiger partial charge >= 0.3 is 5.91 Å². The standard InChI is InChI=1S/C21H13ClFN3O3/c22-14-4-1-3-13(11-14)17-16(18(27)12-5-7-15(23)8-6-12)19(28)20(29)26(17)21-24-9-2-10-25-21/h1-11,17,27H/b18-16+/t17-/m0/s1. The van der Waals surface area contributed by atoms with E-state index in [4.69, 9.17) is 11.6 Å². The van der Waals surface area contributed by atoms with Gasteiger partial charge in [0, 0.05) is 23.0 Å². The van der Waals surface area contributed by atoms with Gasteiger partial charge in [-0.1, -0.05) is 23.7 Å². The zero-order chi connectivity index (χ0) is 20.5. The molecular weight excluding hydrogens is 397 g/mol. The molecule has 3 aromatic rings. The Kier molecular flexibility index (Phi) is 4.82. The molecule has 0 aliphatic carbocycles. The minimum absolute atomic E-state index is 0.0118. The van der Waals surface area contributed by atoms with E-state index < -0.39 is 29.3 Å². The number of aliphatic hydroxyl groups is 1. The Morgan fingerprint density at radius 2 is 1.72 bits per heavy atom. The summed E-state index contributed by atoms with van der Waals surface area (Å²) in [5.41, 5.74) is 0.537. The molecule has 1 fully saturated rings. The number of nitrogens with zero attached hydrogens (tertiary/aromatic N) is 3. The molecule has 0 saturated carbocycles. The average molecular weight is 410 g/mol. The number of carbonyl (C=O) groups is 2. The van der Waals surface area contributed by atoms with Crippen LogP contribution in [-0.4, -0.2) is 26.8 Å². The zero-order valence-electron chi connectivity index (χ0n) is 14.8. The Bertz CT molecular complexity index is 1130. The quantitative estimate of drug-likeness (QED) is 0.403. The highest BCUT2D eigenvalue weighted by molar-refractivity contribution is 6.51. The fourth-order valence-electron chi connectivity index (χ4n) is 3.21. The van der Waals surface area contributed by atoms with Gasteiger partial charge in [-0.2, -0.15) is 0 Å². The van der Waals surface area contributed by atoms with Crippen molar-refractivity contribution in [2.24, 2.45) is 0 Å². The molecule has 2 aromatic carbocycles. The van der Waals surface area contributed by atoms with Crippen molar-refractivity contribution >= 4 is 35.0 Å². The minimum Gasteiger partial charge on any atom is -0.507 e. The second-order valence-corrected chi connectivity index (χ2v) is 6.72. The van der Waals surface area contributed by atoms with Crippen molar-refractivity contribution in [1.29, 1.82) is 0 Å². The van der Waals surface area contributed by atoms with Crippen molar-refractivity contribution < 1.29 is 19.1 Å². The van der Waals surface area contributed by atoms with Gasteiger partial charge in [0.2, 0.25) is 5.95 Å². The molecular formula is C21H13ClFN3O3. The van der Waals surface area contributed by atoms with Crippen LogP contribution in [0.4, 0.5) is 10.3 Å². The minimum atomic E-state index is -0.999. The van der Waals surface area contributed by atoms with Crippen molar-refractivity contribution in [2.75, 3.05) is 4.90 Å². The maximum atomic E-state index is 13.3. The number of rotatable bonds is 3. The molecule has 1 atom stereocenters. The van der Waals surface area contributed by atoms with Crippen LogP contribution in [0.1, 0.15) is 17.2 Å². The number of aromatic nitrogens is 2. The van der Waals surface area contributed by atoms with E-state index in [9.17, 15) is 19.1 Å². The number of anilines is 1. The Morgan fingerprint density at radius 3 is 2.38 bits per heavy atom. The second kappa shape index (κ2) is 7.44. The topological polar surface area (TPSA) is 83.4 Å². The van der Waals surface area contributed by atoms with E-state index in [1.165, 1.54) is 24.5 Å². The number of benzene rings is 2. The zero-order valence-corrected chi connectivity index (χ0v) is 15.5. The van der Waals surface area contributed by atoms with E-state index in [1.54, 1.807) is 30.3 Å². The van der Waals surface area contributed by atoms with Gasteiger partial charge in [-0.25, -0.2) is 14.4 Å². The number of amides is 1. The first kappa shape index (κ1) is 18.8. The smallest absolute Gasteiger partial charge is 0.302 e. The number of hydrogen-bond acceptors (Lipinski definition) is 5. The molecule has 0 unspecified atom stereocenters. The fraction of sp³-hybridized carbons (Fsp3) is 0.0476. The molecule has 144 valence electrons. The number of carbonyl (C=O) groups excluding carboxylic acids is 2. The maximum Gasteiger partial charge on any atom is 0.302 e. The van der Waals surface area contributed by atoms with Crippen molar-refractivity contribution in [1.82, 2.24) is 9.97 Å². The summed E-state index contributed by atoms with van der Waals surface area (Å²) in [6.45, 7) is 0. The summed E-state index contributed by atoms with van der Waals surface area (Å²) < 4.78 is 13.3. The summed E-state index contributed by atoms with van der Waals surface area (Å²) in [5, 5.41) is 11.2. The van der Waals surface area contributed by atoms with E-state index in [0.717, 1.165) is 17.0 Å². The lowest BCUT2D eigenvalue weighted by atomic mass is 9.95. The summed E-state index contributed by atoms with van der Waals surface area (Å²) in [7, 11) is 0. The molecule has 4 rings (SSSR count). The van der Waals surface area contributed by atoms with Crippen LogP contribution in [0.25, 0.3) is 5.76 Å². The third-order valence-corrected chi connectivity index (χ3v) is 4.73. The van der Waals surface area contributed by atoms with Crippen LogP contribution in [0, 0.1) is 5.82 Å². The van der Waals surface area contributed by atoms with Gasteiger partial charge in [0.15, 0.2) is 0 Å². The molecule has 8 heteroatoms. The molecule has 1 amide bonds. The van der Waals surface area contributed by atoms with E-state index in [1.807, 2.05) is 0 Å². The second-order valence-electron chi connectivity index (χ2n) is 6.28. The summed E-state index contributed by atoms with van der Waals surface area (Å²) in [6.07, 6.45) is 2.88. The van der Waals surface area contributed by atoms with Crippen LogP contribution in [0.2, 0.25) is 5.02 Å². The van der Waals surface area contributed by atoms with Gasteiger partial charge in [-0.15, -0.1) is 0 Å². The van der Waals surface area contributed by atoms with Crippen LogP contribution >= 0.6 is 11.6 Å². The molecule has 1 saturated heterocycles. The molecule has 1 aliphatic heterocycles. The van der Waals surface area contributed by atoms with Crippen LogP contribution in [0.5, 0.6) is 0 Å². The Balaban J connectivity index is 1.95. The highest BCUT2D eigenvalue weighted by Crippen LogP contribution is 2.41. The predicted molar refractivity (Wildman–Crippen MR) is 105 cm³/mol. The van der Waals surface area contributed by atoms with Gasteiger partial charge in [0.05, 0.1) is 11.6 Å². The highest BCUT2D eigenvalue weighted by atomic mass is 35.5. The first-order chi connectivity index (χ1) is 14.0. The lowest BCUT2D eigenvalue weighted by Gasteiger charge is -2.23. The monoisotopic (exact) mass is 409 g/mol. The van der Waals surface area contributed by atoms with Crippen LogP contribution in [0.3, 0.4) is 0 Å². The van der Waals surface area contributed by atoms with Crippen LogP contribution in [-0.2, 0) is 9.59 Å². The number of halogens is 2. The van der Waals surface area contributed by atoms with E-state index in [-0.39, 0.29) is 17.1 Å². The van der Waals surface area contributed by atoms with Crippen molar-refractivity contribution in [3.8, 4) is 0 Å². The fourth-order valence-corrected chi connectivity index (χ4v) is 3.41. The molecule has 29 heavy (non-hydrogen) atoms. The number of Topliss-reactive ketones (excluding diaryl/α,β-unsaturated/α-hetero) is 1. The Labute approximate surface area is 169 Å². The molecule has 1 aromatic heterocycles. The van der Waals surface area contributed by atoms with Crippen molar-refractivity contribution in [2.45, 2.75) is 6.04 Å². The Morgan fingerprint density at radius 1 is 1.03 bits per heavy atom. The first-order valence-electron chi connectivity index (χ1n) is 8.57. The van der Waals surface area contributed by atoms with Crippen LogP contribution in [0.15, 0.2) is 72.6 Å². The summed E-state index contributed by atoms with van der Waals surface area (Å²) in [5.74, 6) is -2.69. The third kappa shape index (κ3) is 3.36. The van der Waals surface area contributed by atoms with Gasteiger partial charge in [-0.3, -0.25) is 14.5 Å². The number of aliphatic hydroxyl groups excluding tert-OH is 1. The average Bonchev–Trinajstić information content (AvgIpc) is 2.99. The van der Waals surface area contributed by atoms with Gasteiger partial charge in [0.1, 0.15) is 11.6 Å². The normalized spacial score (nSPS) is 18.3. The maximum absolute atomic E-state index is 13.3. The Hall–Kier alpha value is -3.58. The first-order valence-corrected chi connectivity index (χ1v) is 8.94. The van der Waals surface area contributed by atoms with Gasteiger partial charge in [-0.05, 0) is 48.0 Å². The molecule has 0 spiro atoms. The van der Waals surface area contributed by atoms with E-state index >= 15 is 0 Å². The van der Waals surface area contributed by atoms with Gasteiger partial charge < -0.3 is 5.11 Å². The van der Waals surface area contributed by atoms with Gasteiger partial charge in [0.25, 0.3) is 5.78 Å². The van der Waals surface area contributed by atoms with Crippen LogP contribution < -0.4 is 4.90 Å². The molecule has 1 N–H and O–H groups in total. The largest absolute Gasteiger partial charge is 0.507 e. The molecule has 1 aliphatic rings. The lowest BCUT2D eigenvalue weighted by Crippen LogP contribution is -2.31. The SMILES string of the molecule is O=C1C(=O)N(c2ncccn2)[C@@H](c2cccc(Cl)c2)/C1=C(\O)c1ccc(F)cc1. The third-order valence-electron chi connectivity index (χ3n) is 4.49. The summed E-state index contributed by atoms with van der Waals surface area (Å²) in [4.78, 5) is 35.0. The van der Waals surface area contributed by atoms with Crippen molar-refractivity contribution in [3.05, 3.63) is 94.5 Å². The van der Waals surface area contributed by atoms with Crippen molar-refractivity contribution in [3.63, 3.8) is 0 Å². The number of ketones is 1. The molecule has 6 nitrogen and oxygen atoms in total. The summed E-state index contributed by atoms with van der Waals surface area (Å²) in [6, 6.07) is 12.1. The van der Waals surface area contributed by atoms with E-state index in [2.05, 4.69) is 9.97 Å².